The van der Waals surface area contributed by atoms with E-state index in [1.165, 1.54) is 41.5 Å². The molecule has 4 heteroatoms. The average Bonchev–Trinajstić information content (AvgIpc) is 2.68. The first kappa shape index (κ1) is 15.5. The topological polar surface area (TPSA) is 29.3 Å². The van der Waals surface area contributed by atoms with Crippen molar-refractivity contribution in [3.63, 3.8) is 0 Å². The molecule has 0 radical (unpaired) electrons. The molecule has 0 spiro atoms. The van der Waals surface area contributed by atoms with Gasteiger partial charge in [0.05, 0.1) is 0 Å². The lowest BCUT2D eigenvalue weighted by Crippen LogP contribution is -2.51. The number of thiophene rings is 1. The Labute approximate surface area is 129 Å². The van der Waals surface area contributed by atoms with Crippen molar-refractivity contribution in [3.05, 3.63) is 20.8 Å². The molecule has 1 aromatic heterocycles. The maximum Gasteiger partial charge on any atom is 0.0332 e. The van der Waals surface area contributed by atoms with Gasteiger partial charge in [0.1, 0.15) is 0 Å². The van der Waals surface area contributed by atoms with Crippen LogP contribution in [0.2, 0.25) is 0 Å². The van der Waals surface area contributed by atoms with E-state index in [9.17, 15) is 0 Å². The third-order valence-electron chi connectivity index (χ3n) is 4.65. The summed E-state index contributed by atoms with van der Waals surface area (Å²) in [4.78, 5) is 3.92. The number of nitrogens with two attached hydrogens (primary N) is 1. The van der Waals surface area contributed by atoms with Gasteiger partial charge in [-0.05, 0) is 54.2 Å². The highest BCUT2D eigenvalue weighted by Gasteiger charge is 2.34. The Morgan fingerprint density at radius 1 is 1.47 bits per heavy atom. The fourth-order valence-corrected chi connectivity index (χ4v) is 4.65. The molecule has 108 valence electrons. The third-order valence-corrected chi connectivity index (χ3v) is 6.33. The van der Waals surface area contributed by atoms with Crippen LogP contribution in [0, 0.1) is 5.92 Å². The Kier molecular flexibility index (Phi) is 5.46. The van der Waals surface area contributed by atoms with Crippen LogP contribution in [-0.4, -0.2) is 24.0 Å². The van der Waals surface area contributed by atoms with Gasteiger partial charge in [0, 0.05) is 33.4 Å². The standard InChI is InChI=1S/C15H25BrN2S/c1-12-4-3-6-15(11-17,7-5-12)18(2)9-14-8-13(16)10-19-14/h8,10,12H,3-7,9,11,17H2,1-2H3. The first-order chi connectivity index (χ1) is 9.05. The molecule has 2 atom stereocenters. The molecule has 0 saturated heterocycles. The van der Waals surface area contributed by atoms with Crippen LogP contribution >= 0.6 is 27.3 Å². The van der Waals surface area contributed by atoms with E-state index in [0.717, 1.165) is 19.0 Å². The first-order valence-corrected chi connectivity index (χ1v) is 8.87. The van der Waals surface area contributed by atoms with Gasteiger partial charge in [0.2, 0.25) is 0 Å². The summed E-state index contributed by atoms with van der Waals surface area (Å²) in [5.74, 6) is 0.859. The monoisotopic (exact) mass is 344 g/mol. The zero-order valence-corrected chi connectivity index (χ0v) is 14.4. The van der Waals surface area contributed by atoms with E-state index in [4.69, 9.17) is 5.73 Å². The SMILES string of the molecule is CC1CCCC(CN)(N(C)Cc2cc(Br)cs2)CC1. The maximum absolute atomic E-state index is 6.17. The van der Waals surface area contributed by atoms with Gasteiger partial charge in [-0.1, -0.05) is 19.8 Å². The Balaban J connectivity index is 2.06. The molecule has 1 aromatic rings. The lowest BCUT2D eigenvalue weighted by atomic mass is 9.88. The summed E-state index contributed by atoms with van der Waals surface area (Å²) < 4.78 is 1.19. The number of hydrogen-bond acceptors (Lipinski definition) is 3. The Morgan fingerprint density at radius 3 is 2.89 bits per heavy atom. The first-order valence-electron chi connectivity index (χ1n) is 7.20. The van der Waals surface area contributed by atoms with Gasteiger partial charge in [0.25, 0.3) is 0 Å². The molecule has 1 heterocycles. The highest BCUT2D eigenvalue weighted by molar-refractivity contribution is 9.10. The number of halogens is 1. The summed E-state index contributed by atoms with van der Waals surface area (Å²) in [6, 6.07) is 2.23. The smallest absolute Gasteiger partial charge is 0.0332 e. The predicted molar refractivity (Wildman–Crippen MR) is 87.5 cm³/mol. The molecule has 1 saturated carbocycles. The second-order valence-corrected chi connectivity index (χ2v) is 7.96. The van der Waals surface area contributed by atoms with Crippen molar-refractivity contribution >= 4 is 27.3 Å². The van der Waals surface area contributed by atoms with Gasteiger partial charge in [-0.25, -0.2) is 0 Å². The zero-order chi connectivity index (χ0) is 13.9. The fraction of sp³-hybridized carbons (Fsp3) is 0.733. The minimum absolute atomic E-state index is 0.210. The lowest BCUT2D eigenvalue weighted by molar-refractivity contribution is 0.0997. The van der Waals surface area contributed by atoms with Crippen molar-refractivity contribution < 1.29 is 0 Å². The molecule has 2 unspecified atom stereocenters. The number of likely N-dealkylation sites (N-methyl/N-ethyl adjacent to an activating group) is 1. The van der Waals surface area contributed by atoms with Crippen LogP contribution in [-0.2, 0) is 6.54 Å². The molecule has 2 rings (SSSR count). The van der Waals surface area contributed by atoms with E-state index in [2.05, 4.69) is 46.2 Å². The van der Waals surface area contributed by atoms with E-state index < -0.39 is 0 Å². The van der Waals surface area contributed by atoms with Crippen LogP contribution in [0.3, 0.4) is 0 Å². The maximum atomic E-state index is 6.17. The summed E-state index contributed by atoms with van der Waals surface area (Å²) >= 11 is 5.36. The highest BCUT2D eigenvalue weighted by atomic mass is 79.9. The molecule has 2 N–H and O–H groups in total. The van der Waals surface area contributed by atoms with E-state index in [1.807, 2.05) is 11.3 Å². The van der Waals surface area contributed by atoms with Crippen molar-refractivity contribution in [1.29, 1.82) is 0 Å². The van der Waals surface area contributed by atoms with Gasteiger partial charge in [-0.15, -0.1) is 11.3 Å². The van der Waals surface area contributed by atoms with Crippen LogP contribution in [0.1, 0.15) is 43.9 Å². The molecule has 1 aliphatic carbocycles. The van der Waals surface area contributed by atoms with Crippen LogP contribution < -0.4 is 5.73 Å². The molecular weight excluding hydrogens is 320 g/mol. The molecule has 0 aliphatic heterocycles. The van der Waals surface area contributed by atoms with Crippen LogP contribution in [0.15, 0.2) is 15.9 Å². The van der Waals surface area contributed by atoms with Gasteiger partial charge in [-0.2, -0.15) is 0 Å². The summed E-state index contributed by atoms with van der Waals surface area (Å²) in [5.41, 5.74) is 6.37. The quantitative estimate of drug-likeness (QED) is 0.827. The van der Waals surface area contributed by atoms with Crippen molar-refractivity contribution in [3.8, 4) is 0 Å². The summed E-state index contributed by atoms with van der Waals surface area (Å²) in [5, 5.41) is 2.16. The van der Waals surface area contributed by atoms with Crippen LogP contribution in [0.5, 0.6) is 0 Å². The van der Waals surface area contributed by atoms with Crippen LogP contribution in [0.25, 0.3) is 0 Å². The molecule has 1 fully saturated rings. The van der Waals surface area contributed by atoms with Crippen LogP contribution in [0.4, 0.5) is 0 Å². The summed E-state index contributed by atoms with van der Waals surface area (Å²) in [7, 11) is 2.25. The minimum Gasteiger partial charge on any atom is -0.329 e. The van der Waals surface area contributed by atoms with Crippen molar-refractivity contribution in [2.75, 3.05) is 13.6 Å². The van der Waals surface area contributed by atoms with Gasteiger partial charge in [-0.3, -0.25) is 4.90 Å². The van der Waals surface area contributed by atoms with Crippen molar-refractivity contribution in [2.45, 2.75) is 51.1 Å². The van der Waals surface area contributed by atoms with E-state index in [-0.39, 0.29) is 5.54 Å². The van der Waals surface area contributed by atoms with E-state index in [1.54, 1.807) is 0 Å². The van der Waals surface area contributed by atoms with Crippen molar-refractivity contribution in [2.24, 2.45) is 11.7 Å². The lowest BCUT2D eigenvalue weighted by Gasteiger charge is -2.41. The Morgan fingerprint density at radius 2 is 2.26 bits per heavy atom. The van der Waals surface area contributed by atoms with Gasteiger partial charge < -0.3 is 5.73 Å². The van der Waals surface area contributed by atoms with E-state index in [0.29, 0.717) is 0 Å². The van der Waals surface area contributed by atoms with E-state index >= 15 is 0 Å². The zero-order valence-electron chi connectivity index (χ0n) is 12.0. The third kappa shape index (κ3) is 3.81. The average molecular weight is 345 g/mol. The normalized spacial score (nSPS) is 28.6. The predicted octanol–water partition coefficient (Wildman–Crippen LogP) is 4.24. The van der Waals surface area contributed by atoms with Gasteiger partial charge >= 0.3 is 0 Å². The number of hydrogen-bond donors (Lipinski definition) is 1. The highest BCUT2D eigenvalue weighted by Crippen LogP contribution is 2.35. The van der Waals surface area contributed by atoms with Gasteiger partial charge in [0.15, 0.2) is 0 Å². The molecular formula is C15H25BrN2S. The fourth-order valence-electron chi connectivity index (χ4n) is 3.14. The minimum atomic E-state index is 0.210. The molecule has 0 amide bonds. The number of nitrogens with zero attached hydrogens (tertiary/aromatic N) is 1. The molecule has 2 nitrogen and oxygen atoms in total. The second-order valence-electron chi connectivity index (χ2n) is 6.05. The molecule has 0 bridgehead atoms. The number of rotatable bonds is 4. The summed E-state index contributed by atoms with van der Waals surface area (Å²) in [6.07, 6.45) is 6.48. The summed E-state index contributed by atoms with van der Waals surface area (Å²) in [6.45, 7) is 4.17. The van der Waals surface area contributed by atoms with Crippen molar-refractivity contribution in [1.82, 2.24) is 4.90 Å². The molecule has 19 heavy (non-hydrogen) atoms. The largest absolute Gasteiger partial charge is 0.329 e. The Bertz CT molecular complexity index is 407. The molecule has 0 aromatic carbocycles. The molecule has 1 aliphatic rings. The Hall–Kier alpha value is 0.1000. The second kappa shape index (κ2) is 6.70.